The SMILES string of the molecule is Cc1ccc(OCCn2c(=N)n(CCN3CCOCC3)c3ccccc32)cc1. The van der Waals surface area contributed by atoms with Crippen LogP contribution in [0, 0.1) is 12.3 Å². The Bertz CT molecular complexity index is 968. The van der Waals surface area contributed by atoms with Gasteiger partial charge in [0.15, 0.2) is 0 Å². The van der Waals surface area contributed by atoms with Gasteiger partial charge in [-0.15, -0.1) is 0 Å². The van der Waals surface area contributed by atoms with E-state index in [1.807, 2.05) is 28.8 Å². The van der Waals surface area contributed by atoms with Crippen LogP contribution in [-0.4, -0.2) is 53.5 Å². The van der Waals surface area contributed by atoms with Crippen LogP contribution in [0.5, 0.6) is 5.75 Å². The van der Waals surface area contributed by atoms with Crippen LogP contribution in [0.3, 0.4) is 0 Å². The fourth-order valence-electron chi connectivity index (χ4n) is 3.70. The Labute approximate surface area is 165 Å². The molecule has 6 nitrogen and oxygen atoms in total. The fourth-order valence-corrected chi connectivity index (χ4v) is 3.70. The topological polar surface area (TPSA) is 55.4 Å². The number of benzene rings is 2. The highest BCUT2D eigenvalue weighted by Crippen LogP contribution is 2.14. The maximum Gasteiger partial charge on any atom is 0.203 e. The van der Waals surface area contributed by atoms with Gasteiger partial charge in [0.05, 0.1) is 30.8 Å². The average Bonchev–Trinajstić information content (AvgIpc) is 3.00. The van der Waals surface area contributed by atoms with Crippen LogP contribution in [0.1, 0.15) is 5.56 Å². The molecule has 2 heterocycles. The third-order valence-corrected chi connectivity index (χ3v) is 5.32. The zero-order valence-corrected chi connectivity index (χ0v) is 16.4. The number of hydrogen-bond donors (Lipinski definition) is 1. The summed E-state index contributed by atoms with van der Waals surface area (Å²) in [5.41, 5.74) is 3.94. The van der Waals surface area contributed by atoms with E-state index >= 15 is 0 Å². The third-order valence-electron chi connectivity index (χ3n) is 5.32. The van der Waals surface area contributed by atoms with Crippen molar-refractivity contribution in [3.63, 3.8) is 0 Å². The van der Waals surface area contributed by atoms with Crippen LogP contribution in [0.15, 0.2) is 48.5 Å². The van der Waals surface area contributed by atoms with Gasteiger partial charge in [-0.3, -0.25) is 10.3 Å². The molecule has 1 N–H and O–H groups in total. The zero-order chi connectivity index (χ0) is 19.3. The minimum atomic E-state index is 0.530. The molecule has 0 spiro atoms. The molecule has 0 aliphatic carbocycles. The molecule has 0 amide bonds. The number of nitrogens with one attached hydrogen (secondary N) is 1. The summed E-state index contributed by atoms with van der Waals surface area (Å²) in [5, 5.41) is 8.73. The molecule has 28 heavy (non-hydrogen) atoms. The highest BCUT2D eigenvalue weighted by Gasteiger charge is 2.14. The molecular formula is C22H28N4O2. The Kier molecular flexibility index (Phi) is 5.78. The van der Waals surface area contributed by atoms with Crippen LogP contribution >= 0.6 is 0 Å². The summed E-state index contributed by atoms with van der Waals surface area (Å²) in [6.45, 7) is 8.55. The molecule has 0 radical (unpaired) electrons. The third kappa shape index (κ3) is 4.13. The maximum absolute atomic E-state index is 8.73. The van der Waals surface area contributed by atoms with Crippen molar-refractivity contribution in [2.45, 2.75) is 20.0 Å². The first-order valence-electron chi connectivity index (χ1n) is 9.94. The van der Waals surface area contributed by atoms with Crippen molar-refractivity contribution < 1.29 is 9.47 Å². The van der Waals surface area contributed by atoms with E-state index in [1.54, 1.807) is 0 Å². The summed E-state index contributed by atoms with van der Waals surface area (Å²) in [6, 6.07) is 16.4. The molecule has 0 bridgehead atoms. The number of ether oxygens (including phenoxy) is 2. The highest BCUT2D eigenvalue weighted by atomic mass is 16.5. The quantitative estimate of drug-likeness (QED) is 0.686. The van der Waals surface area contributed by atoms with Crippen LogP contribution in [0.4, 0.5) is 0 Å². The summed E-state index contributed by atoms with van der Waals surface area (Å²) in [6.07, 6.45) is 0. The predicted octanol–water partition coefficient (Wildman–Crippen LogP) is 2.64. The van der Waals surface area contributed by atoms with E-state index in [4.69, 9.17) is 14.9 Å². The lowest BCUT2D eigenvalue weighted by atomic mass is 10.2. The van der Waals surface area contributed by atoms with Gasteiger partial charge >= 0.3 is 0 Å². The first-order chi connectivity index (χ1) is 13.7. The van der Waals surface area contributed by atoms with Gasteiger partial charge in [0.2, 0.25) is 5.62 Å². The lowest BCUT2D eigenvalue weighted by Crippen LogP contribution is -2.39. The lowest BCUT2D eigenvalue weighted by Gasteiger charge is -2.26. The van der Waals surface area contributed by atoms with E-state index in [2.05, 4.69) is 40.7 Å². The first-order valence-corrected chi connectivity index (χ1v) is 9.94. The second-order valence-electron chi connectivity index (χ2n) is 7.23. The van der Waals surface area contributed by atoms with E-state index in [0.717, 1.165) is 56.2 Å². The van der Waals surface area contributed by atoms with Crippen LogP contribution in [0.2, 0.25) is 0 Å². The summed E-state index contributed by atoms with van der Waals surface area (Å²) in [5.74, 6) is 0.869. The van der Waals surface area contributed by atoms with Crippen molar-refractivity contribution in [2.75, 3.05) is 39.5 Å². The van der Waals surface area contributed by atoms with Crippen molar-refractivity contribution in [1.82, 2.24) is 14.0 Å². The molecular weight excluding hydrogens is 352 g/mol. The van der Waals surface area contributed by atoms with E-state index in [1.165, 1.54) is 5.56 Å². The number of para-hydroxylation sites is 2. The molecule has 3 aromatic rings. The molecule has 1 aromatic heterocycles. The lowest BCUT2D eigenvalue weighted by molar-refractivity contribution is 0.0363. The van der Waals surface area contributed by atoms with Crippen molar-refractivity contribution >= 4 is 11.0 Å². The van der Waals surface area contributed by atoms with Gasteiger partial charge in [-0.1, -0.05) is 29.8 Å². The summed E-state index contributed by atoms with van der Waals surface area (Å²) in [4.78, 5) is 2.41. The summed E-state index contributed by atoms with van der Waals surface area (Å²) < 4.78 is 15.5. The van der Waals surface area contributed by atoms with E-state index in [-0.39, 0.29) is 0 Å². The number of imidazole rings is 1. The summed E-state index contributed by atoms with van der Waals surface area (Å²) in [7, 11) is 0. The zero-order valence-electron chi connectivity index (χ0n) is 16.4. The predicted molar refractivity (Wildman–Crippen MR) is 110 cm³/mol. The van der Waals surface area contributed by atoms with Crippen molar-refractivity contribution in [3.05, 3.63) is 59.7 Å². The van der Waals surface area contributed by atoms with Gasteiger partial charge < -0.3 is 18.6 Å². The minimum absolute atomic E-state index is 0.530. The number of hydrogen-bond acceptors (Lipinski definition) is 4. The number of rotatable bonds is 7. The Morgan fingerprint density at radius 1 is 0.893 bits per heavy atom. The molecule has 1 aliphatic rings. The van der Waals surface area contributed by atoms with Crippen LogP contribution < -0.4 is 10.4 Å². The Hall–Kier alpha value is -2.57. The number of nitrogens with zero attached hydrogens (tertiary/aromatic N) is 3. The van der Waals surface area contributed by atoms with E-state index in [9.17, 15) is 0 Å². The first kappa shape index (κ1) is 18.8. The molecule has 6 heteroatoms. The molecule has 0 atom stereocenters. The second-order valence-corrected chi connectivity index (χ2v) is 7.23. The van der Waals surface area contributed by atoms with Gasteiger partial charge in [0.1, 0.15) is 12.4 Å². The average molecular weight is 380 g/mol. The molecule has 148 valence electrons. The largest absolute Gasteiger partial charge is 0.492 e. The molecule has 0 saturated carbocycles. The monoisotopic (exact) mass is 380 g/mol. The Morgan fingerprint density at radius 3 is 2.21 bits per heavy atom. The van der Waals surface area contributed by atoms with Gasteiger partial charge in [0.25, 0.3) is 0 Å². The number of fused-ring (bicyclic) bond motifs is 1. The summed E-state index contributed by atoms with van der Waals surface area (Å²) >= 11 is 0. The number of aryl methyl sites for hydroxylation is 1. The standard InChI is InChI=1S/C22H28N4O2/c1-18-6-8-19(9-7-18)28-17-14-26-21-5-3-2-4-20(21)25(22(26)23)11-10-24-12-15-27-16-13-24/h2-9,23H,10-17H2,1H3. The van der Waals surface area contributed by atoms with Crippen LogP contribution in [-0.2, 0) is 17.8 Å². The minimum Gasteiger partial charge on any atom is -0.492 e. The normalized spacial score (nSPS) is 15.2. The molecule has 0 unspecified atom stereocenters. The molecule has 2 aromatic carbocycles. The molecule has 1 saturated heterocycles. The number of morpholine rings is 1. The second kappa shape index (κ2) is 8.63. The van der Waals surface area contributed by atoms with Crippen molar-refractivity contribution in [2.24, 2.45) is 0 Å². The fraction of sp³-hybridized carbons (Fsp3) is 0.409. The maximum atomic E-state index is 8.73. The van der Waals surface area contributed by atoms with Gasteiger partial charge in [-0.25, -0.2) is 0 Å². The van der Waals surface area contributed by atoms with E-state index < -0.39 is 0 Å². The Morgan fingerprint density at radius 2 is 1.54 bits per heavy atom. The van der Waals surface area contributed by atoms with Gasteiger partial charge in [-0.05, 0) is 31.2 Å². The molecule has 4 rings (SSSR count). The van der Waals surface area contributed by atoms with Gasteiger partial charge in [-0.2, -0.15) is 0 Å². The van der Waals surface area contributed by atoms with E-state index in [0.29, 0.717) is 18.8 Å². The molecule has 1 fully saturated rings. The van der Waals surface area contributed by atoms with Crippen molar-refractivity contribution in [1.29, 1.82) is 5.41 Å². The Balaban J connectivity index is 1.48. The smallest absolute Gasteiger partial charge is 0.203 e. The molecule has 1 aliphatic heterocycles. The number of aromatic nitrogens is 2. The highest BCUT2D eigenvalue weighted by molar-refractivity contribution is 5.75. The van der Waals surface area contributed by atoms with Crippen molar-refractivity contribution in [3.8, 4) is 5.75 Å². The van der Waals surface area contributed by atoms with Gasteiger partial charge in [0, 0.05) is 26.2 Å². The van der Waals surface area contributed by atoms with Crippen LogP contribution in [0.25, 0.3) is 11.0 Å².